The number of rotatable bonds is 5. The number of furan rings is 1. The first kappa shape index (κ1) is 17.8. The number of nitrogens with zero attached hydrogens (tertiary/aromatic N) is 5. The first-order valence-corrected chi connectivity index (χ1v) is 9.59. The zero-order valence-corrected chi connectivity index (χ0v) is 15.6. The summed E-state index contributed by atoms with van der Waals surface area (Å²) >= 11 is 0. The van der Waals surface area contributed by atoms with Crippen LogP contribution < -0.4 is 4.72 Å². The number of aryl methyl sites for hydroxylation is 2. The van der Waals surface area contributed by atoms with Crippen LogP contribution in [0.15, 0.2) is 56.6 Å². The van der Waals surface area contributed by atoms with Crippen LogP contribution in [0.1, 0.15) is 11.5 Å². The zero-order valence-electron chi connectivity index (χ0n) is 14.8. The van der Waals surface area contributed by atoms with Gasteiger partial charge in [0.1, 0.15) is 11.5 Å². The van der Waals surface area contributed by atoms with Crippen molar-refractivity contribution in [1.29, 1.82) is 0 Å². The summed E-state index contributed by atoms with van der Waals surface area (Å²) in [6.45, 7) is 3.38. The molecule has 0 aromatic carbocycles. The lowest BCUT2D eigenvalue weighted by molar-refractivity contribution is 0.398. The van der Waals surface area contributed by atoms with Gasteiger partial charge in [0, 0.05) is 12.3 Å². The second-order valence-corrected chi connectivity index (χ2v) is 7.41. The monoisotopic (exact) mass is 398 g/mol. The third-order valence-corrected chi connectivity index (χ3v) is 4.78. The molecule has 0 bridgehead atoms. The van der Waals surface area contributed by atoms with Gasteiger partial charge < -0.3 is 8.94 Å². The van der Waals surface area contributed by atoms with Crippen LogP contribution in [0, 0.1) is 13.8 Å². The van der Waals surface area contributed by atoms with Gasteiger partial charge in [-0.15, -0.1) is 0 Å². The summed E-state index contributed by atoms with van der Waals surface area (Å²) < 4.78 is 38.1. The van der Waals surface area contributed by atoms with Crippen molar-refractivity contribution in [2.45, 2.75) is 18.9 Å². The zero-order chi connectivity index (χ0) is 19.7. The number of pyridine rings is 1. The van der Waals surface area contributed by atoms with Crippen LogP contribution in [0.2, 0.25) is 0 Å². The molecule has 4 heterocycles. The molecule has 4 aromatic heterocycles. The average Bonchev–Trinajstić information content (AvgIpc) is 3.31. The Morgan fingerprint density at radius 1 is 1.00 bits per heavy atom. The number of aromatic nitrogens is 5. The van der Waals surface area contributed by atoms with Gasteiger partial charge in [-0.1, -0.05) is 11.2 Å². The first-order valence-electron chi connectivity index (χ1n) is 8.11. The van der Waals surface area contributed by atoms with E-state index in [-0.39, 0.29) is 22.6 Å². The molecule has 0 radical (unpaired) electrons. The molecule has 0 fully saturated rings. The minimum Gasteiger partial charge on any atom is -0.439 e. The molecule has 10 nitrogen and oxygen atoms in total. The summed E-state index contributed by atoms with van der Waals surface area (Å²) in [7, 11) is -4.06. The Bertz CT molecular complexity index is 1230. The van der Waals surface area contributed by atoms with Crippen molar-refractivity contribution in [2.75, 3.05) is 4.72 Å². The number of sulfonamides is 1. The van der Waals surface area contributed by atoms with E-state index in [0.717, 1.165) is 0 Å². The van der Waals surface area contributed by atoms with Gasteiger partial charge in [0.25, 0.3) is 10.0 Å². The highest BCUT2D eigenvalue weighted by Crippen LogP contribution is 2.26. The lowest BCUT2D eigenvalue weighted by Crippen LogP contribution is -2.15. The fourth-order valence-corrected chi connectivity index (χ4v) is 3.26. The molecular weight excluding hydrogens is 384 g/mol. The summed E-state index contributed by atoms with van der Waals surface area (Å²) in [5.74, 6) is 1.02. The molecule has 0 atom stereocenters. The highest BCUT2D eigenvalue weighted by Gasteiger charge is 2.22. The van der Waals surface area contributed by atoms with Crippen LogP contribution in [0.5, 0.6) is 0 Å². The minimum atomic E-state index is -4.06. The molecule has 0 unspecified atom stereocenters. The highest BCUT2D eigenvalue weighted by atomic mass is 32.2. The highest BCUT2D eigenvalue weighted by molar-refractivity contribution is 7.92. The second-order valence-electron chi connectivity index (χ2n) is 5.80. The Hall–Kier alpha value is -3.60. The summed E-state index contributed by atoms with van der Waals surface area (Å²) in [4.78, 5) is 16.5. The molecule has 142 valence electrons. The van der Waals surface area contributed by atoms with Crippen LogP contribution in [0.4, 0.5) is 5.95 Å². The summed E-state index contributed by atoms with van der Waals surface area (Å²) in [6.07, 6.45) is 1.59. The lowest BCUT2D eigenvalue weighted by atomic mass is 10.3. The molecule has 0 aliphatic heterocycles. The number of anilines is 1. The molecule has 0 spiro atoms. The average molecular weight is 398 g/mol. The molecule has 4 rings (SSSR count). The van der Waals surface area contributed by atoms with Crippen LogP contribution in [0.3, 0.4) is 0 Å². The number of hydrogen-bond donors (Lipinski definition) is 1. The smallest absolute Gasteiger partial charge is 0.297 e. The molecule has 0 saturated heterocycles. The van der Waals surface area contributed by atoms with E-state index in [1.807, 2.05) is 0 Å². The summed E-state index contributed by atoms with van der Waals surface area (Å²) in [6, 6.07) is 9.67. The Morgan fingerprint density at radius 2 is 1.86 bits per heavy atom. The van der Waals surface area contributed by atoms with E-state index in [2.05, 4.69) is 29.8 Å². The molecular formula is C17H14N6O4S. The maximum Gasteiger partial charge on any atom is 0.297 e. The predicted molar refractivity (Wildman–Crippen MR) is 97.5 cm³/mol. The lowest BCUT2D eigenvalue weighted by Gasteiger charge is -2.06. The molecule has 0 aliphatic carbocycles. The van der Waals surface area contributed by atoms with E-state index in [1.54, 1.807) is 44.3 Å². The molecule has 0 amide bonds. The Kier molecular flexibility index (Phi) is 4.35. The normalized spacial score (nSPS) is 11.5. The molecule has 1 N–H and O–H groups in total. The van der Waals surface area contributed by atoms with Gasteiger partial charge in [-0.2, -0.15) is 18.4 Å². The second kappa shape index (κ2) is 6.85. The fourth-order valence-electron chi connectivity index (χ4n) is 2.38. The molecule has 11 heteroatoms. The molecule has 4 aromatic rings. The Labute approximate surface area is 159 Å². The fraction of sp³-hybridized carbons (Fsp3) is 0.118. The summed E-state index contributed by atoms with van der Waals surface area (Å²) in [5.41, 5.74) is 1.14. The number of nitrogens with one attached hydrogen (secondary N) is 1. The van der Waals surface area contributed by atoms with E-state index < -0.39 is 10.0 Å². The van der Waals surface area contributed by atoms with Crippen LogP contribution >= 0.6 is 0 Å². The van der Waals surface area contributed by atoms with Crippen molar-refractivity contribution in [3.05, 3.63) is 54.1 Å². The van der Waals surface area contributed by atoms with Gasteiger partial charge in [-0.25, -0.2) is 9.71 Å². The SMILES string of the molecule is Cc1cc(-c2ccc(S(=O)(=O)Nc3nc(C)nc(-c4ccccn4)n3)o2)on1. The quantitative estimate of drug-likeness (QED) is 0.537. The van der Waals surface area contributed by atoms with Gasteiger partial charge in [0.2, 0.25) is 16.8 Å². The molecule has 0 aliphatic rings. The molecule has 28 heavy (non-hydrogen) atoms. The van der Waals surface area contributed by atoms with Crippen LogP contribution in [0.25, 0.3) is 23.0 Å². The van der Waals surface area contributed by atoms with Crippen LogP contribution in [-0.2, 0) is 10.0 Å². The van der Waals surface area contributed by atoms with Crippen molar-refractivity contribution < 1.29 is 17.4 Å². The van der Waals surface area contributed by atoms with E-state index >= 15 is 0 Å². The topological polar surface area (TPSA) is 137 Å². The van der Waals surface area contributed by atoms with E-state index in [0.29, 0.717) is 23.0 Å². The predicted octanol–water partition coefficient (Wildman–Crippen LogP) is 2.60. The van der Waals surface area contributed by atoms with Crippen molar-refractivity contribution in [2.24, 2.45) is 0 Å². The van der Waals surface area contributed by atoms with Gasteiger partial charge in [-0.05, 0) is 38.1 Å². The van der Waals surface area contributed by atoms with Crippen molar-refractivity contribution >= 4 is 16.0 Å². The van der Waals surface area contributed by atoms with E-state index in [1.165, 1.54) is 12.1 Å². The van der Waals surface area contributed by atoms with Crippen molar-refractivity contribution in [3.8, 4) is 23.0 Å². The van der Waals surface area contributed by atoms with Crippen molar-refractivity contribution in [1.82, 2.24) is 25.1 Å². The minimum absolute atomic E-state index is 0.137. The van der Waals surface area contributed by atoms with Crippen molar-refractivity contribution in [3.63, 3.8) is 0 Å². The van der Waals surface area contributed by atoms with Gasteiger partial charge in [-0.3, -0.25) is 4.98 Å². The Balaban J connectivity index is 1.63. The van der Waals surface area contributed by atoms with Gasteiger partial charge in [0.05, 0.1) is 5.69 Å². The third kappa shape index (κ3) is 3.60. The largest absolute Gasteiger partial charge is 0.439 e. The first-order chi connectivity index (χ1) is 13.4. The van der Waals surface area contributed by atoms with Crippen LogP contribution in [-0.4, -0.2) is 33.5 Å². The summed E-state index contributed by atoms with van der Waals surface area (Å²) in [5, 5.41) is 3.44. The number of hydrogen-bond acceptors (Lipinski definition) is 9. The molecule has 0 saturated carbocycles. The Morgan fingerprint density at radius 3 is 2.57 bits per heavy atom. The van der Waals surface area contributed by atoms with E-state index in [4.69, 9.17) is 8.94 Å². The van der Waals surface area contributed by atoms with Gasteiger partial charge in [0.15, 0.2) is 11.6 Å². The third-order valence-electron chi connectivity index (χ3n) is 3.58. The van der Waals surface area contributed by atoms with E-state index in [9.17, 15) is 8.42 Å². The maximum absolute atomic E-state index is 12.6. The standard InChI is InChI=1S/C17H14N6O4S/c1-10-9-14(27-22-10)13-6-7-15(26-13)28(24,25)23-17-20-11(2)19-16(21-17)12-5-3-4-8-18-12/h3-9H,1-2H3,(H,19,20,21,23). The van der Waals surface area contributed by atoms with Gasteiger partial charge >= 0.3 is 0 Å². The maximum atomic E-state index is 12.6.